The van der Waals surface area contributed by atoms with Crippen LogP contribution in [0.3, 0.4) is 0 Å². The van der Waals surface area contributed by atoms with E-state index in [1.807, 2.05) is 13.8 Å². The van der Waals surface area contributed by atoms with Gasteiger partial charge in [0.1, 0.15) is 0 Å². The van der Waals surface area contributed by atoms with Crippen molar-refractivity contribution in [1.82, 2.24) is 15.2 Å². The highest BCUT2D eigenvalue weighted by Gasteiger charge is 2.38. The van der Waals surface area contributed by atoms with Crippen LogP contribution in [0.1, 0.15) is 29.4 Å². The number of aromatic nitrogens is 1. The van der Waals surface area contributed by atoms with Crippen LogP contribution in [0.25, 0.3) is 0 Å². The van der Waals surface area contributed by atoms with Crippen LogP contribution in [-0.4, -0.2) is 35.1 Å². The lowest BCUT2D eigenvalue weighted by Gasteiger charge is -2.39. The molecule has 2 rings (SSSR count). The Labute approximate surface area is 127 Å². The second-order valence-corrected chi connectivity index (χ2v) is 6.32. The van der Waals surface area contributed by atoms with E-state index in [9.17, 15) is 13.2 Å². The molecule has 0 saturated carbocycles. The number of rotatable bonds is 2. The molecule has 0 amide bonds. The average molecular weight is 330 g/mol. The number of nitrogens with one attached hydrogen (secondary N) is 1. The fraction of sp³-hybridized carbons (Fsp3) is 0.750. The Morgan fingerprint density at radius 3 is 2.35 bits per heavy atom. The predicted molar refractivity (Wildman–Crippen MR) is 76.4 cm³/mol. The van der Waals surface area contributed by atoms with E-state index in [1.54, 1.807) is 6.92 Å². The summed E-state index contributed by atoms with van der Waals surface area (Å²) in [5.74, 6) is 0. The van der Waals surface area contributed by atoms with Crippen LogP contribution in [0.4, 0.5) is 13.2 Å². The third kappa shape index (κ3) is 3.84. The molecule has 2 heterocycles. The van der Waals surface area contributed by atoms with Gasteiger partial charge in [-0.3, -0.25) is 4.90 Å². The molecular formula is C12H19ClF3N3S. The Hall–Kier alpha value is -0.370. The molecule has 1 aliphatic rings. The minimum Gasteiger partial charge on any atom is -0.314 e. The maximum Gasteiger partial charge on any atom is 0.434 e. The first kappa shape index (κ1) is 17.7. The molecule has 0 radical (unpaired) electrons. The maximum atomic E-state index is 12.9. The summed E-state index contributed by atoms with van der Waals surface area (Å²) in [4.78, 5) is 6.08. The molecule has 2 atom stereocenters. The SMILES string of the molecule is Cc1nc(C(F)(F)F)c(CN2[C@H](C)CNC[C@@H]2C)s1.Cl. The molecule has 1 fully saturated rings. The molecular weight excluding hydrogens is 311 g/mol. The topological polar surface area (TPSA) is 28.2 Å². The molecule has 1 aromatic heterocycles. The minimum absolute atomic E-state index is 0. The fourth-order valence-electron chi connectivity index (χ4n) is 2.45. The van der Waals surface area contributed by atoms with Gasteiger partial charge in [0.2, 0.25) is 0 Å². The lowest BCUT2D eigenvalue weighted by molar-refractivity contribution is -0.141. The monoisotopic (exact) mass is 329 g/mol. The Morgan fingerprint density at radius 1 is 1.30 bits per heavy atom. The van der Waals surface area contributed by atoms with Crippen molar-refractivity contribution in [1.29, 1.82) is 0 Å². The Morgan fingerprint density at radius 2 is 1.85 bits per heavy atom. The van der Waals surface area contributed by atoms with Crippen LogP contribution in [-0.2, 0) is 12.7 Å². The third-order valence-corrected chi connectivity index (χ3v) is 4.37. The fourth-order valence-corrected chi connectivity index (χ4v) is 3.41. The molecule has 0 aliphatic carbocycles. The number of halogens is 4. The van der Waals surface area contributed by atoms with Crippen LogP contribution < -0.4 is 5.32 Å². The van der Waals surface area contributed by atoms with E-state index < -0.39 is 11.9 Å². The molecule has 0 unspecified atom stereocenters. The summed E-state index contributed by atoms with van der Waals surface area (Å²) < 4.78 is 38.8. The van der Waals surface area contributed by atoms with E-state index in [2.05, 4.69) is 15.2 Å². The van der Waals surface area contributed by atoms with Gasteiger partial charge in [0.25, 0.3) is 0 Å². The van der Waals surface area contributed by atoms with Gasteiger partial charge in [0.05, 0.1) is 9.88 Å². The van der Waals surface area contributed by atoms with Crippen LogP contribution in [0.2, 0.25) is 0 Å². The second kappa shape index (κ2) is 6.60. The van der Waals surface area contributed by atoms with Gasteiger partial charge in [0, 0.05) is 31.7 Å². The van der Waals surface area contributed by atoms with Gasteiger partial charge in [0.15, 0.2) is 5.69 Å². The zero-order valence-electron chi connectivity index (χ0n) is 11.6. The molecule has 1 N–H and O–H groups in total. The summed E-state index contributed by atoms with van der Waals surface area (Å²) in [6, 6.07) is 0.458. The van der Waals surface area contributed by atoms with E-state index >= 15 is 0 Å². The van der Waals surface area contributed by atoms with E-state index in [1.165, 1.54) is 0 Å². The number of alkyl halides is 3. The second-order valence-electron chi connectivity index (χ2n) is 5.03. The quantitative estimate of drug-likeness (QED) is 0.904. The van der Waals surface area contributed by atoms with Crippen molar-refractivity contribution < 1.29 is 13.2 Å². The minimum atomic E-state index is -4.36. The molecule has 1 aromatic rings. The van der Waals surface area contributed by atoms with Gasteiger partial charge >= 0.3 is 6.18 Å². The standard InChI is InChI=1S/C12H18F3N3S.ClH/c1-7-4-16-5-8(2)18(7)6-10-11(12(13,14)15)17-9(3)19-10;/h7-8,16H,4-6H2,1-3H3;1H/t7-,8+;. The summed E-state index contributed by atoms with van der Waals surface area (Å²) in [7, 11) is 0. The van der Waals surface area contributed by atoms with Crippen molar-refractivity contribution in [2.45, 2.75) is 45.6 Å². The van der Waals surface area contributed by atoms with Gasteiger partial charge < -0.3 is 5.32 Å². The van der Waals surface area contributed by atoms with Crippen LogP contribution in [0, 0.1) is 6.92 Å². The first-order valence-electron chi connectivity index (χ1n) is 6.29. The van der Waals surface area contributed by atoms with Crippen molar-refractivity contribution in [3.05, 3.63) is 15.6 Å². The van der Waals surface area contributed by atoms with Crippen LogP contribution in [0.5, 0.6) is 0 Å². The number of aryl methyl sites for hydroxylation is 1. The van der Waals surface area contributed by atoms with Crippen molar-refractivity contribution in [3.8, 4) is 0 Å². The van der Waals surface area contributed by atoms with E-state index in [0.717, 1.165) is 24.4 Å². The zero-order valence-corrected chi connectivity index (χ0v) is 13.3. The van der Waals surface area contributed by atoms with Gasteiger partial charge in [-0.15, -0.1) is 23.7 Å². The summed E-state index contributed by atoms with van der Waals surface area (Å²) in [5, 5.41) is 3.74. The van der Waals surface area contributed by atoms with Crippen molar-refractivity contribution in [2.24, 2.45) is 0 Å². The first-order valence-corrected chi connectivity index (χ1v) is 7.10. The van der Waals surface area contributed by atoms with Crippen molar-refractivity contribution >= 4 is 23.7 Å². The highest BCUT2D eigenvalue weighted by molar-refractivity contribution is 7.11. The first-order chi connectivity index (χ1) is 8.79. The number of piperazine rings is 1. The van der Waals surface area contributed by atoms with Gasteiger partial charge in [-0.05, 0) is 20.8 Å². The Balaban J connectivity index is 0.00000200. The zero-order chi connectivity index (χ0) is 14.2. The Bertz CT molecular complexity index is 440. The molecule has 3 nitrogen and oxygen atoms in total. The van der Waals surface area contributed by atoms with E-state index in [-0.39, 0.29) is 24.5 Å². The number of nitrogens with zero attached hydrogens (tertiary/aromatic N) is 2. The van der Waals surface area contributed by atoms with Gasteiger partial charge in [-0.1, -0.05) is 0 Å². The smallest absolute Gasteiger partial charge is 0.314 e. The lowest BCUT2D eigenvalue weighted by Crippen LogP contribution is -2.54. The molecule has 0 aromatic carbocycles. The largest absolute Gasteiger partial charge is 0.434 e. The highest BCUT2D eigenvalue weighted by atomic mass is 35.5. The predicted octanol–water partition coefficient (Wildman–Crippen LogP) is 3.07. The third-order valence-electron chi connectivity index (χ3n) is 3.41. The summed E-state index contributed by atoms with van der Waals surface area (Å²) >= 11 is 1.15. The van der Waals surface area contributed by atoms with Crippen molar-refractivity contribution in [2.75, 3.05) is 13.1 Å². The van der Waals surface area contributed by atoms with Crippen LogP contribution >= 0.6 is 23.7 Å². The molecule has 116 valence electrons. The number of hydrogen-bond donors (Lipinski definition) is 1. The number of hydrogen-bond acceptors (Lipinski definition) is 4. The van der Waals surface area contributed by atoms with Gasteiger partial charge in [-0.25, -0.2) is 4.98 Å². The average Bonchev–Trinajstić information content (AvgIpc) is 2.65. The lowest BCUT2D eigenvalue weighted by atomic mass is 10.1. The van der Waals surface area contributed by atoms with E-state index in [4.69, 9.17) is 0 Å². The maximum absolute atomic E-state index is 12.9. The summed E-state index contributed by atoms with van der Waals surface area (Å²) in [6.45, 7) is 7.62. The number of thiazole rings is 1. The van der Waals surface area contributed by atoms with Gasteiger partial charge in [-0.2, -0.15) is 13.2 Å². The normalized spacial score (nSPS) is 24.5. The highest BCUT2D eigenvalue weighted by Crippen LogP contribution is 2.35. The molecule has 8 heteroatoms. The van der Waals surface area contributed by atoms with E-state index in [0.29, 0.717) is 16.4 Å². The molecule has 20 heavy (non-hydrogen) atoms. The summed E-state index contributed by atoms with van der Waals surface area (Å²) in [5.41, 5.74) is -0.715. The molecule has 0 spiro atoms. The molecule has 1 saturated heterocycles. The van der Waals surface area contributed by atoms with Crippen molar-refractivity contribution in [3.63, 3.8) is 0 Å². The molecule has 0 bridgehead atoms. The Kier molecular flexibility index (Phi) is 5.83. The molecule has 1 aliphatic heterocycles. The summed E-state index contributed by atoms with van der Waals surface area (Å²) in [6.07, 6.45) is -4.36. The van der Waals surface area contributed by atoms with Crippen LogP contribution in [0.15, 0.2) is 0 Å².